The minimum atomic E-state index is -0.533. The Bertz CT molecular complexity index is 700. The van der Waals surface area contributed by atoms with Crippen molar-refractivity contribution in [2.24, 2.45) is 0 Å². The molecule has 2 unspecified atom stereocenters. The summed E-state index contributed by atoms with van der Waals surface area (Å²) in [5, 5.41) is 5.94. The summed E-state index contributed by atoms with van der Waals surface area (Å²) in [7, 11) is 6.06. The first-order chi connectivity index (χ1) is 17.3. The van der Waals surface area contributed by atoms with Gasteiger partial charge in [-0.2, -0.15) is 0 Å². The number of rotatable bonds is 21. The average Bonchev–Trinajstić information content (AvgIpc) is 2.84. The number of hydrogen-bond donors (Lipinski definition) is 2. The Morgan fingerprint density at radius 3 is 1.67 bits per heavy atom. The van der Waals surface area contributed by atoms with E-state index in [1.54, 1.807) is 6.92 Å². The van der Waals surface area contributed by atoms with Crippen LogP contribution in [0.2, 0.25) is 0 Å². The Hall–Kier alpha value is -1.88. The van der Waals surface area contributed by atoms with E-state index in [4.69, 9.17) is 0 Å². The van der Waals surface area contributed by atoms with Gasteiger partial charge in [0.2, 0.25) is 5.91 Å². The van der Waals surface area contributed by atoms with Crippen molar-refractivity contribution >= 4 is 11.8 Å². The number of unbranched alkanes of at least 4 members (excludes halogenated alkanes) is 13. The zero-order chi connectivity index (χ0) is 26.7. The maximum absolute atomic E-state index is 13.0. The van der Waals surface area contributed by atoms with Crippen molar-refractivity contribution in [3.8, 4) is 0 Å². The van der Waals surface area contributed by atoms with Crippen LogP contribution in [0.4, 0.5) is 0 Å². The SMILES string of the molecule is CCCCCCCCCCCCCCCCNC(=O)C(C)NC(=O)C(Cc1ccccc1)[N+](C)(C)C. The van der Waals surface area contributed by atoms with Gasteiger partial charge >= 0.3 is 0 Å². The third-order valence-electron chi connectivity index (χ3n) is 7.09. The first-order valence-corrected chi connectivity index (χ1v) is 14.7. The first kappa shape index (κ1) is 32.1. The van der Waals surface area contributed by atoms with Crippen molar-refractivity contribution in [3.63, 3.8) is 0 Å². The topological polar surface area (TPSA) is 58.2 Å². The third kappa shape index (κ3) is 15.3. The number of amides is 2. The van der Waals surface area contributed by atoms with E-state index in [0.717, 1.165) is 18.4 Å². The summed E-state index contributed by atoms with van der Waals surface area (Å²) in [6, 6.07) is 9.27. The molecule has 0 aliphatic rings. The molecule has 1 aromatic rings. The van der Waals surface area contributed by atoms with Gasteiger partial charge in [-0.1, -0.05) is 121 Å². The van der Waals surface area contributed by atoms with E-state index in [1.807, 2.05) is 51.5 Å². The van der Waals surface area contributed by atoms with Crippen LogP contribution in [0.25, 0.3) is 0 Å². The van der Waals surface area contributed by atoms with E-state index >= 15 is 0 Å². The molecule has 0 aromatic heterocycles. The van der Waals surface area contributed by atoms with Crippen LogP contribution < -0.4 is 10.6 Å². The lowest BCUT2D eigenvalue weighted by atomic mass is 10.0. The molecule has 1 rings (SSSR count). The summed E-state index contributed by atoms with van der Waals surface area (Å²) in [5.74, 6) is -0.177. The number of carbonyl (C=O) groups excluding carboxylic acids is 2. The zero-order valence-electron chi connectivity index (χ0n) is 24.1. The van der Waals surface area contributed by atoms with Crippen LogP contribution in [0.1, 0.15) is 109 Å². The summed E-state index contributed by atoms with van der Waals surface area (Å²) < 4.78 is 0.508. The molecule has 2 N–H and O–H groups in total. The molecule has 0 radical (unpaired) electrons. The van der Waals surface area contributed by atoms with Crippen LogP contribution in [0.15, 0.2) is 30.3 Å². The minimum Gasteiger partial charge on any atom is -0.354 e. The Morgan fingerprint density at radius 1 is 0.722 bits per heavy atom. The Kier molecular flexibility index (Phi) is 17.2. The largest absolute Gasteiger partial charge is 0.354 e. The van der Waals surface area contributed by atoms with Gasteiger partial charge in [0.1, 0.15) is 6.04 Å². The summed E-state index contributed by atoms with van der Waals surface area (Å²) in [6.07, 6.45) is 19.2. The lowest BCUT2D eigenvalue weighted by Crippen LogP contribution is -2.58. The molecule has 5 heteroatoms. The average molecular weight is 503 g/mol. The van der Waals surface area contributed by atoms with Gasteiger partial charge in [-0.15, -0.1) is 0 Å². The van der Waals surface area contributed by atoms with Gasteiger partial charge in [0, 0.05) is 13.0 Å². The van der Waals surface area contributed by atoms with Gasteiger partial charge < -0.3 is 15.1 Å². The number of quaternary nitrogens is 1. The normalized spacial score (nSPS) is 13.2. The zero-order valence-corrected chi connectivity index (χ0v) is 24.1. The molecular formula is C31H56N3O2+. The van der Waals surface area contributed by atoms with E-state index in [1.165, 1.54) is 77.0 Å². The number of carbonyl (C=O) groups is 2. The highest BCUT2D eigenvalue weighted by Gasteiger charge is 2.33. The van der Waals surface area contributed by atoms with Crippen LogP contribution in [-0.2, 0) is 16.0 Å². The van der Waals surface area contributed by atoms with Crippen molar-refractivity contribution in [2.75, 3.05) is 27.7 Å². The number of hydrogen-bond acceptors (Lipinski definition) is 2. The van der Waals surface area contributed by atoms with Gasteiger partial charge in [-0.25, -0.2) is 0 Å². The van der Waals surface area contributed by atoms with Crippen LogP contribution in [-0.4, -0.2) is 56.1 Å². The molecule has 36 heavy (non-hydrogen) atoms. The maximum atomic E-state index is 13.0. The molecule has 206 valence electrons. The van der Waals surface area contributed by atoms with Gasteiger partial charge in [0.15, 0.2) is 6.04 Å². The molecule has 0 spiro atoms. The summed E-state index contributed by atoms with van der Waals surface area (Å²) in [4.78, 5) is 25.5. The van der Waals surface area contributed by atoms with Crippen LogP contribution in [0, 0.1) is 0 Å². The number of likely N-dealkylation sites (N-methyl/N-ethyl adjacent to an activating group) is 1. The molecule has 2 atom stereocenters. The van der Waals surface area contributed by atoms with Crippen molar-refractivity contribution in [3.05, 3.63) is 35.9 Å². The van der Waals surface area contributed by atoms with Gasteiger partial charge in [-0.05, 0) is 18.9 Å². The summed E-state index contributed by atoms with van der Waals surface area (Å²) in [6.45, 7) is 4.72. The second kappa shape index (κ2) is 19.3. The first-order valence-electron chi connectivity index (χ1n) is 14.7. The number of nitrogens with one attached hydrogen (secondary N) is 2. The van der Waals surface area contributed by atoms with Crippen molar-refractivity contribution < 1.29 is 14.1 Å². The van der Waals surface area contributed by atoms with Crippen LogP contribution >= 0.6 is 0 Å². The second-order valence-corrected chi connectivity index (χ2v) is 11.4. The standard InChI is InChI=1S/C31H55N3O2/c1-6-7-8-9-10-11-12-13-14-15-16-17-18-22-25-32-30(35)27(2)33-31(36)29(34(3,4)5)26-28-23-20-19-21-24-28/h19-21,23-24,27,29H,6-18,22,25-26H2,1-5H3,(H-,32,33,35,36)/p+1. The number of nitrogens with zero attached hydrogens (tertiary/aromatic N) is 1. The number of benzene rings is 1. The summed E-state index contributed by atoms with van der Waals surface area (Å²) >= 11 is 0. The Morgan fingerprint density at radius 2 is 1.19 bits per heavy atom. The molecule has 0 fully saturated rings. The highest BCUT2D eigenvalue weighted by Crippen LogP contribution is 2.14. The minimum absolute atomic E-state index is 0.0782. The molecular weight excluding hydrogens is 446 g/mol. The predicted molar refractivity (Wildman–Crippen MR) is 153 cm³/mol. The van der Waals surface area contributed by atoms with E-state index in [2.05, 4.69) is 17.6 Å². The van der Waals surface area contributed by atoms with E-state index in [-0.39, 0.29) is 17.9 Å². The smallest absolute Gasteiger partial charge is 0.279 e. The second-order valence-electron chi connectivity index (χ2n) is 11.4. The molecule has 0 saturated carbocycles. The lowest BCUT2D eigenvalue weighted by molar-refractivity contribution is -0.886. The molecule has 0 saturated heterocycles. The molecule has 0 aliphatic heterocycles. The van der Waals surface area contributed by atoms with E-state index in [9.17, 15) is 9.59 Å². The fraction of sp³-hybridized carbons (Fsp3) is 0.742. The van der Waals surface area contributed by atoms with E-state index < -0.39 is 6.04 Å². The van der Waals surface area contributed by atoms with Gasteiger partial charge in [-0.3, -0.25) is 9.59 Å². The van der Waals surface area contributed by atoms with Crippen molar-refractivity contribution in [2.45, 2.75) is 122 Å². The molecule has 5 nitrogen and oxygen atoms in total. The molecule has 0 aliphatic carbocycles. The fourth-order valence-corrected chi connectivity index (χ4v) is 4.62. The molecule has 0 heterocycles. The lowest BCUT2D eigenvalue weighted by Gasteiger charge is -2.33. The predicted octanol–water partition coefficient (Wildman–Crippen LogP) is 6.41. The molecule has 1 aromatic carbocycles. The van der Waals surface area contributed by atoms with Crippen molar-refractivity contribution in [1.29, 1.82) is 0 Å². The van der Waals surface area contributed by atoms with Crippen LogP contribution in [0.5, 0.6) is 0 Å². The van der Waals surface area contributed by atoms with Gasteiger partial charge in [0.05, 0.1) is 21.1 Å². The third-order valence-corrected chi connectivity index (χ3v) is 7.09. The molecule has 0 bridgehead atoms. The highest BCUT2D eigenvalue weighted by molar-refractivity contribution is 5.89. The Balaban J connectivity index is 2.13. The quantitative estimate of drug-likeness (QED) is 0.151. The van der Waals surface area contributed by atoms with Crippen molar-refractivity contribution in [1.82, 2.24) is 10.6 Å². The van der Waals surface area contributed by atoms with E-state index in [0.29, 0.717) is 17.4 Å². The van der Waals surface area contributed by atoms with Crippen LogP contribution in [0.3, 0.4) is 0 Å². The monoisotopic (exact) mass is 502 g/mol. The molecule has 2 amide bonds. The highest BCUT2D eigenvalue weighted by atomic mass is 16.2. The fourth-order valence-electron chi connectivity index (χ4n) is 4.62. The summed E-state index contributed by atoms with van der Waals surface area (Å²) in [5.41, 5.74) is 1.13. The Labute approximate surface area is 222 Å². The van der Waals surface area contributed by atoms with Gasteiger partial charge in [0.25, 0.3) is 5.91 Å². The maximum Gasteiger partial charge on any atom is 0.279 e.